The van der Waals surface area contributed by atoms with Gasteiger partial charge < -0.3 is 4.74 Å². The van der Waals surface area contributed by atoms with Crippen molar-refractivity contribution in [2.24, 2.45) is 0 Å². The van der Waals surface area contributed by atoms with E-state index in [1.807, 2.05) is 36.6 Å². The van der Waals surface area contributed by atoms with Crippen LogP contribution in [-0.4, -0.2) is 34.7 Å². The molecule has 4 rings (SSSR count). The number of aryl methyl sites for hydroxylation is 1. The number of carbonyl (C=O) groups excluding carboxylic acids is 1. The third-order valence-corrected chi connectivity index (χ3v) is 7.12. The second-order valence-corrected chi connectivity index (χ2v) is 9.46. The Balaban J connectivity index is 1.60. The maximum atomic E-state index is 13.2. The SMILES string of the molecule is Cc1csc(=O)n1CC(=O)N(C[C@@H]1CCCO1)c1nc(-c2ccc(Br)cc2)cs1. The molecule has 3 aromatic rings. The van der Waals surface area contributed by atoms with E-state index in [1.54, 1.807) is 10.3 Å². The van der Waals surface area contributed by atoms with Crippen LogP contribution in [-0.2, 0) is 16.1 Å². The number of carbonyl (C=O) groups is 1. The standard InChI is InChI=1S/C20H20BrN3O3S2/c1-13-11-29-20(26)23(13)10-18(25)24(9-16-3-2-8-27-16)19-22-17(12-28-19)14-4-6-15(21)7-5-14/h4-7,11-12,16H,2-3,8-10H2,1H3/t16-/m0/s1. The molecule has 0 aliphatic carbocycles. The van der Waals surface area contributed by atoms with Crippen LogP contribution in [0.5, 0.6) is 0 Å². The lowest BCUT2D eigenvalue weighted by Gasteiger charge is -2.23. The summed E-state index contributed by atoms with van der Waals surface area (Å²) in [6.45, 7) is 3.01. The molecule has 2 aromatic heterocycles. The summed E-state index contributed by atoms with van der Waals surface area (Å²) in [5.74, 6) is -0.152. The molecule has 29 heavy (non-hydrogen) atoms. The zero-order chi connectivity index (χ0) is 20.4. The largest absolute Gasteiger partial charge is 0.376 e. The van der Waals surface area contributed by atoms with Gasteiger partial charge in [-0.2, -0.15) is 0 Å². The highest BCUT2D eigenvalue weighted by atomic mass is 79.9. The number of halogens is 1. The lowest BCUT2D eigenvalue weighted by atomic mass is 10.2. The van der Waals surface area contributed by atoms with Crippen molar-refractivity contribution < 1.29 is 9.53 Å². The van der Waals surface area contributed by atoms with Gasteiger partial charge in [-0.1, -0.05) is 39.4 Å². The van der Waals surface area contributed by atoms with E-state index in [1.165, 1.54) is 15.9 Å². The summed E-state index contributed by atoms with van der Waals surface area (Å²) in [7, 11) is 0. The summed E-state index contributed by atoms with van der Waals surface area (Å²) in [4.78, 5) is 31.5. The van der Waals surface area contributed by atoms with Crippen LogP contribution < -0.4 is 9.77 Å². The molecule has 0 radical (unpaired) electrons. The minimum absolute atomic E-state index is 0.000672. The summed E-state index contributed by atoms with van der Waals surface area (Å²) >= 11 is 5.98. The van der Waals surface area contributed by atoms with Gasteiger partial charge in [0.1, 0.15) is 6.54 Å². The van der Waals surface area contributed by atoms with Crippen LogP contribution in [0.1, 0.15) is 18.5 Å². The molecule has 0 bridgehead atoms. The fourth-order valence-electron chi connectivity index (χ4n) is 3.24. The molecule has 1 aliphatic rings. The zero-order valence-electron chi connectivity index (χ0n) is 15.8. The fourth-order valence-corrected chi connectivity index (χ4v) is 5.10. The second-order valence-electron chi connectivity index (χ2n) is 6.89. The molecular formula is C20H20BrN3O3S2. The van der Waals surface area contributed by atoms with Crippen molar-refractivity contribution in [2.75, 3.05) is 18.1 Å². The number of nitrogens with zero attached hydrogens (tertiary/aromatic N) is 3. The maximum absolute atomic E-state index is 13.2. The molecule has 152 valence electrons. The average molecular weight is 494 g/mol. The van der Waals surface area contributed by atoms with Crippen LogP contribution in [0.2, 0.25) is 0 Å². The highest BCUT2D eigenvalue weighted by Crippen LogP contribution is 2.29. The smallest absolute Gasteiger partial charge is 0.307 e. The van der Waals surface area contributed by atoms with Gasteiger partial charge in [-0.25, -0.2) is 4.98 Å². The number of hydrogen-bond acceptors (Lipinski definition) is 6. The Morgan fingerprint density at radius 1 is 1.31 bits per heavy atom. The molecule has 1 fully saturated rings. The summed E-state index contributed by atoms with van der Waals surface area (Å²) in [6.07, 6.45) is 1.92. The first-order valence-electron chi connectivity index (χ1n) is 9.29. The monoisotopic (exact) mass is 493 g/mol. The molecule has 0 N–H and O–H groups in total. The van der Waals surface area contributed by atoms with E-state index < -0.39 is 0 Å². The van der Waals surface area contributed by atoms with E-state index in [0.29, 0.717) is 11.7 Å². The van der Waals surface area contributed by atoms with Crippen molar-refractivity contribution in [1.29, 1.82) is 0 Å². The summed E-state index contributed by atoms with van der Waals surface area (Å²) in [5, 5.41) is 4.36. The van der Waals surface area contributed by atoms with Gasteiger partial charge in [0.05, 0.1) is 18.3 Å². The van der Waals surface area contributed by atoms with Crippen LogP contribution in [0, 0.1) is 6.92 Å². The minimum Gasteiger partial charge on any atom is -0.376 e. The van der Waals surface area contributed by atoms with Crippen LogP contribution in [0.25, 0.3) is 11.3 Å². The van der Waals surface area contributed by atoms with Gasteiger partial charge in [-0.3, -0.25) is 19.1 Å². The molecule has 1 atom stereocenters. The highest BCUT2D eigenvalue weighted by molar-refractivity contribution is 9.10. The number of anilines is 1. The molecular weight excluding hydrogens is 474 g/mol. The van der Waals surface area contributed by atoms with E-state index in [4.69, 9.17) is 9.72 Å². The van der Waals surface area contributed by atoms with E-state index in [9.17, 15) is 9.59 Å². The maximum Gasteiger partial charge on any atom is 0.307 e. The van der Waals surface area contributed by atoms with Crippen molar-refractivity contribution in [1.82, 2.24) is 9.55 Å². The molecule has 1 saturated heterocycles. The van der Waals surface area contributed by atoms with Gasteiger partial charge in [-0.05, 0) is 31.9 Å². The predicted octanol–water partition coefficient (Wildman–Crippen LogP) is 4.32. The van der Waals surface area contributed by atoms with E-state index in [-0.39, 0.29) is 23.4 Å². The van der Waals surface area contributed by atoms with Crippen molar-refractivity contribution in [2.45, 2.75) is 32.4 Å². The third kappa shape index (κ3) is 4.69. The van der Waals surface area contributed by atoms with Crippen molar-refractivity contribution in [3.8, 4) is 11.3 Å². The Hall–Kier alpha value is -1.81. The number of rotatable bonds is 6. The van der Waals surface area contributed by atoms with Crippen LogP contribution in [0.4, 0.5) is 5.13 Å². The number of aromatic nitrogens is 2. The van der Waals surface area contributed by atoms with Gasteiger partial charge in [-0.15, -0.1) is 11.3 Å². The lowest BCUT2D eigenvalue weighted by Crippen LogP contribution is -2.40. The van der Waals surface area contributed by atoms with Gasteiger partial charge in [0.2, 0.25) is 5.91 Å². The van der Waals surface area contributed by atoms with Gasteiger partial charge in [0.15, 0.2) is 5.13 Å². The Kier molecular flexibility index (Phi) is 6.29. The molecule has 6 nitrogen and oxygen atoms in total. The summed E-state index contributed by atoms with van der Waals surface area (Å²) in [5.41, 5.74) is 2.61. The Bertz CT molecular complexity index is 1050. The Labute approximate surface area is 184 Å². The van der Waals surface area contributed by atoms with Gasteiger partial charge in [0, 0.05) is 33.1 Å². The van der Waals surface area contributed by atoms with Gasteiger partial charge in [0.25, 0.3) is 0 Å². The van der Waals surface area contributed by atoms with E-state index in [2.05, 4.69) is 15.9 Å². The molecule has 0 saturated carbocycles. The molecule has 0 spiro atoms. The summed E-state index contributed by atoms with van der Waals surface area (Å²) < 4.78 is 8.27. The van der Waals surface area contributed by atoms with Crippen molar-refractivity contribution >= 4 is 49.6 Å². The quantitative estimate of drug-likeness (QED) is 0.512. The predicted molar refractivity (Wildman–Crippen MR) is 120 cm³/mol. The molecule has 3 heterocycles. The average Bonchev–Trinajstić information content (AvgIpc) is 3.45. The number of amides is 1. The topological polar surface area (TPSA) is 64.4 Å². The number of ether oxygens (including phenoxy) is 1. The zero-order valence-corrected chi connectivity index (χ0v) is 19.1. The molecule has 9 heteroatoms. The van der Waals surface area contributed by atoms with Crippen LogP contribution in [0.3, 0.4) is 0 Å². The van der Waals surface area contributed by atoms with E-state index >= 15 is 0 Å². The summed E-state index contributed by atoms with van der Waals surface area (Å²) in [6, 6.07) is 7.91. The Morgan fingerprint density at radius 2 is 2.10 bits per heavy atom. The van der Waals surface area contributed by atoms with Crippen LogP contribution in [0.15, 0.2) is 44.3 Å². The van der Waals surface area contributed by atoms with Crippen molar-refractivity contribution in [3.63, 3.8) is 0 Å². The molecule has 1 aliphatic heterocycles. The van der Waals surface area contributed by atoms with Crippen LogP contribution >= 0.6 is 38.6 Å². The number of thiazole rings is 2. The first-order valence-corrected chi connectivity index (χ1v) is 11.8. The highest BCUT2D eigenvalue weighted by Gasteiger charge is 2.26. The van der Waals surface area contributed by atoms with E-state index in [0.717, 1.165) is 52.2 Å². The minimum atomic E-state index is -0.152. The normalized spacial score (nSPS) is 16.3. The molecule has 1 amide bonds. The second kappa shape index (κ2) is 8.91. The van der Waals surface area contributed by atoms with Gasteiger partial charge >= 0.3 is 4.87 Å². The fraction of sp³-hybridized carbons (Fsp3) is 0.350. The molecule has 1 aromatic carbocycles. The number of hydrogen-bond donors (Lipinski definition) is 0. The molecule has 0 unspecified atom stereocenters. The first-order chi connectivity index (χ1) is 14.0. The first kappa shape index (κ1) is 20.5. The number of benzene rings is 1. The lowest BCUT2D eigenvalue weighted by molar-refractivity contribution is -0.119. The Morgan fingerprint density at radius 3 is 2.76 bits per heavy atom. The van der Waals surface area contributed by atoms with Crippen molar-refractivity contribution in [3.05, 3.63) is 54.9 Å². The third-order valence-electron chi connectivity index (χ3n) is 4.84.